The van der Waals surface area contributed by atoms with Gasteiger partial charge in [-0.25, -0.2) is 0 Å². The van der Waals surface area contributed by atoms with Crippen LogP contribution < -0.4 is 0 Å². The summed E-state index contributed by atoms with van der Waals surface area (Å²) >= 11 is 0. The summed E-state index contributed by atoms with van der Waals surface area (Å²) < 4.78 is 6.37. The molecule has 1 aromatic heterocycles. The van der Waals surface area contributed by atoms with E-state index in [4.69, 9.17) is 4.42 Å². The van der Waals surface area contributed by atoms with Gasteiger partial charge in [0.2, 0.25) is 0 Å². The van der Waals surface area contributed by atoms with Crippen molar-refractivity contribution in [3.63, 3.8) is 0 Å². The maximum atomic E-state index is 6.37. The van der Waals surface area contributed by atoms with Gasteiger partial charge in [-0.1, -0.05) is 109 Å². The van der Waals surface area contributed by atoms with Gasteiger partial charge in [0.15, 0.2) is 0 Å². The van der Waals surface area contributed by atoms with Crippen molar-refractivity contribution in [2.75, 3.05) is 0 Å². The third-order valence-corrected chi connectivity index (χ3v) is 7.87. The molecule has 0 aliphatic carbocycles. The minimum atomic E-state index is 0.927. The number of fused-ring (bicyclic) bond motifs is 9. The zero-order valence-electron chi connectivity index (χ0n) is 21.0. The lowest BCUT2D eigenvalue weighted by Gasteiger charge is -2.13. The van der Waals surface area contributed by atoms with E-state index in [1.807, 2.05) is 12.1 Å². The molecule has 1 nitrogen and oxygen atoms in total. The summed E-state index contributed by atoms with van der Waals surface area (Å²) in [6.45, 7) is 2.18. The molecule has 0 aliphatic rings. The first-order chi connectivity index (χ1) is 18.7. The lowest BCUT2D eigenvalue weighted by Crippen LogP contribution is -1.87. The van der Waals surface area contributed by atoms with E-state index < -0.39 is 0 Å². The molecule has 178 valence electrons. The van der Waals surface area contributed by atoms with Crippen molar-refractivity contribution < 1.29 is 4.42 Å². The molecular weight excluding hydrogens is 460 g/mol. The summed E-state index contributed by atoms with van der Waals surface area (Å²) in [7, 11) is 0. The Labute approximate surface area is 220 Å². The number of hydrogen-bond donors (Lipinski definition) is 0. The quantitative estimate of drug-likeness (QED) is 0.222. The molecule has 0 unspecified atom stereocenters. The SMILES string of the molecule is Cc1cc(-c2ccc3c4ccccc4c4ccccc4c3c2)cc(-c2cccc3c2oc2ccccc23)c1. The Balaban J connectivity index is 1.36. The van der Waals surface area contributed by atoms with Crippen LogP contribution in [0, 0.1) is 6.92 Å². The van der Waals surface area contributed by atoms with Gasteiger partial charge in [-0.05, 0) is 79.7 Å². The Morgan fingerprint density at radius 3 is 1.71 bits per heavy atom. The minimum Gasteiger partial charge on any atom is -0.455 e. The van der Waals surface area contributed by atoms with Gasteiger partial charge < -0.3 is 4.42 Å². The highest BCUT2D eigenvalue weighted by molar-refractivity contribution is 6.25. The van der Waals surface area contributed by atoms with E-state index in [9.17, 15) is 0 Å². The molecule has 0 saturated carbocycles. The molecule has 0 atom stereocenters. The van der Waals surface area contributed by atoms with Crippen LogP contribution in [0.5, 0.6) is 0 Å². The number of para-hydroxylation sites is 2. The van der Waals surface area contributed by atoms with Gasteiger partial charge in [0.05, 0.1) is 0 Å². The molecule has 38 heavy (non-hydrogen) atoms. The van der Waals surface area contributed by atoms with Crippen LogP contribution in [0.1, 0.15) is 5.56 Å². The lowest BCUT2D eigenvalue weighted by molar-refractivity contribution is 0.670. The largest absolute Gasteiger partial charge is 0.455 e. The van der Waals surface area contributed by atoms with Crippen LogP contribution in [0.3, 0.4) is 0 Å². The fourth-order valence-corrected chi connectivity index (χ4v) is 6.17. The number of benzene rings is 7. The van der Waals surface area contributed by atoms with Gasteiger partial charge in [0.25, 0.3) is 0 Å². The number of hydrogen-bond acceptors (Lipinski definition) is 1. The summed E-state index contributed by atoms with van der Waals surface area (Å²) in [6.07, 6.45) is 0. The van der Waals surface area contributed by atoms with Crippen LogP contribution >= 0.6 is 0 Å². The summed E-state index contributed by atoms with van der Waals surface area (Å²) in [4.78, 5) is 0. The van der Waals surface area contributed by atoms with Gasteiger partial charge >= 0.3 is 0 Å². The van der Waals surface area contributed by atoms with Crippen molar-refractivity contribution >= 4 is 54.3 Å². The first kappa shape index (κ1) is 21.2. The molecule has 0 saturated heterocycles. The Morgan fingerprint density at radius 1 is 0.395 bits per heavy atom. The van der Waals surface area contributed by atoms with E-state index in [1.165, 1.54) is 54.6 Å². The van der Waals surface area contributed by atoms with Gasteiger partial charge in [-0.2, -0.15) is 0 Å². The molecule has 1 heterocycles. The highest BCUT2D eigenvalue weighted by Crippen LogP contribution is 2.40. The highest BCUT2D eigenvalue weighted by atomic mass is 16.3. The molecule has 7 aromatic carbocycles. The molecule has 8 aromatic rings. The molecule has 0 amide bonds. The molecular formula is C37H24O. The zero-order chi connectivity index (χ0) is 25.2. The van der Waals surface area contributed by atoms with E-state index in [-0.39, 0.29) is 0 Å². The van der Waals surface area contributed by atoms with Crippen LogP contribution in [-0.4, -0.2) is 0 Å². The molecule has 0 N–H and O–H groups in total. The van der Waals surface area contributed by atoms with Crippen molar-refractivity contribution in [2.45, 2.75) is 6.92 Å². The maximum absolute atomic E-state index is 6.37. The van der Waals surface area contributed by atoms with Crippen molar-refractivity contribution in [3.05, 3.63) is 133 Å². The summed E-state index contributed by atoms with van der Waals surface area (Å²) in [6, 6.07) is 46.0. The van der Waals surface area contributed by atoms with Crippen molar-refractivity contribution in [1.29, 1.82) is 0 Å². The fraction of sp³-hybridized carbons (Fsp3) is 0.0270. The summed E-state index contributed by atoms with van der Waals surface area (Å²) in [5, 5.41) is 10.1. The zero-order valence-corrected chi connectivity index (χ0v) is 21.0. The van der Waals surface area contributed by atoms with E-state index in [2.05, 4.69) is 122 Å². The van der Waals surface area contributed by atoms with E-state index in [0.29, 0.717) is 0 Å². The van der Waals surface area contributed by atoms with Gasteiger partial charge in [0, 0.05) is 16.3 Å². The van der Waals surface area contributed by atoms with Crippen LogP contribution in [0.4, 0.5) is 0 Å². The normalized spacial score (nSPS) is 11.8. The van der Waals surface area contributed by atoms with Crippen LogP contribution in [0.25, 0.3) is 76.5 Å². The predicted octanol–water partition coefficient (Wildman–Crippen LogP) is 10.7. The topological polar surface area (TPSA) is 13.1 Å². The fourth-order valence-electron chi connectivity index (χ4n) is 6.17. The van der Waals surface area contributed by atoms with Crippen molar-refractivity contribution in [1.82, 2.24) is 0 Å². The van der Waals surface area contributed by atoms with E-state index in [0.717, 1.165) is 27.5 Å². The second kappa shape index (κ2) is 8.06. The maximum Gasteiger partial charge on any atom is 0.143 e. The Kier molecular flexibility index (Phi) is 4.50. The number of furan rings is 1. The average Bonchev–Trinajstić information content (AvgIpc) is 3.36. The smallest absolute Gasteiger partial charge is 0.143 e. The minimum absolute atomic E-state index is 0.927. The van der Waals surface area contributed by atoms with Gasteiger partial charge in [0.1, 0.15) is 11.2 Å². The second-order valence-electron chi connectivity index (χ2n) is 10.2. The standard InChI is InChI=1S/C37H24O/c1-23-19-25(21-26(20-23)27-14-8-15-34-33-13-6-7-16-36(33)38-37(27)34)24-17-18-32-30-11-3-2-9-28(30)29-10-4-5-12-31(29)35(32)22-24/h2-22H,1H3. The highest BCUT2D eigenvalue weighted by Gasteiger charge is 2.14. The first-order valence-corrected chi connectivity index (χ1v) is 13.1. The monoisotopic (exact) mass is 484 g/mol. The average molecular weight is 485 g/mol. The number of rotatable bonds is 2. The summed E-state index contributed by atoms with van der Waals surface area (Å²) in [5.74, 6) is 0. The van der Waals surface area contributed by atoms with Gasteiger partial charge in [-0.15, -0.1) is 0 Å². The Bertz CT molecular complexity index is 2160. The second-order valence-corrected chi connectivity index (χ2v) is 10.2. The molecule has 0 fully saturated rings. The molecule has 0 aliphatic heterocycles. The van der Waals surface area contributed by atoms with E-state index >= 15 is 0 Å². The third kappa shape index (κ3) is 3.12. The third-order valence-electron chi connectivity index (χ3n) is 7.87. The van der Waals surface area contributed by atoms with Gasteiger partial charge in [-0.3, -0.25) is 0 Å². The van der Waals surface area contributed by atoms with E-state index in [1.54, 1.807) is 0 Å². The summed E-state index contributed by atoms with van der Waals surface area (Å²) in [5.41, 5.74) is 7.84. The molecule has 8 rings (SSSR count). The first-order valence-electron chi connectivity index (χ1n) is 13.1. The predicted molar refractivity (Wildman–Crippen MR) is 162 cm³/mol. The molecule has 0 spiro atoms. The van der Waals surface area contributed by atoms with Crippen LogP contribution in [0.15, 0.2) is 132 Å². The molecule has 1 heteroatoms. The molecule has 0 radical (unpaired) electrons. The molecule has 0 bridgehead atoms. The van der Waals surface area contributed by atoms with Crippen molar-refractivity contribution in [2.24, 2.45) is 0 Å². The van der Waals surface area contributed by atoms with Crippen molar-refractivity contribution in [3.8, 4) is 22.3 Å². The lowest BCUT2D eigenvalue weighted by atomic mass is 9.91. The van der Waals surface area contributed by atoms with Crippen LogP contribution in [0.2, 0.25) is 0 Å². The number of aryl methyl sites for hydroxylation is 1. The Morgan fingerprint density at radius 2 is 0.974 bits per heavy atom. The Hall–Kier alpha value is -4.88. The van der Waals surface area contributed by atoms with Crippen LogP contribution in [-0.2, 0) is 0 Å².